The Bertz CT molecular complexity index is 1050. The van der Waals surface area contributed by atoms with E-state index in [0.29, 0.717) is 24.3 Å². The third-order valence-corrected chi connectivity index (χ3v) is 7.55. The number of nitrogens with one attached hydrogen (secondary N) is 2. The summed E-state index contributed by atoms with van der Waals surface area (Å²) in [5, 5.41) is 3.32. The fourth-order valence-electron chi connectivity index (χ4n) is 4.19. The molecule has 2 N–H and O–H groups in total. The molecule has 0 unspecified atom stereocenters. The van der Waals surface area contributed by atoms with Gasteiger partial charge in [0.05, 0.1) is 16.3 Å². The molecule has 8 heteroatoms. The Labute approximate surface area is 204 Å². The number of aryl methyl sites for hydroxylation is 1. The first-order valence-electron chi connectivity index (χ1n) is 12.4. The first kappa shape index (κ1) is 26.0. The molecule has 3 rings (SSSR count). The molecule has 1 fully saturated rings. The molecule has 7 nitrogen and oxygen atoms in total. The highest BCUT2D eigenvalue weighted by molar-refractivity contribution is 7.92. The van der Waals surface area contributed by atoms with E-state index in [9.17, 15) is 13.2 Å². The minimum atomic E-state index is -3.81. The van der Waals surface area contributed by atoms with Crippen LogP contribution in [-0.2, 0) is 16.4 Å². The summed E-state index contributed by atoms with van der Waals surface area (Å²) in [7, 11) is -3.81. The van der Waals surface area contributed by atoms with Gasteiger partial charge in [-0.3, -0.25) is 9.52 Å². The lowest BCUT2D eigenvalue weighted by molar-refractivity contribution is 0.0762. The van der Waals surface area contributed by atoms with Gasteiger partial charge >= 0.3 is 0 Å². The van der Waals surface area contributed by atoms with Gasteiger partial charge in [-0.25, -0.2) is 8.42 Å². The number of hydrogen-bond acceptors (Lipinski definition) is 5. The molecule has 1 aliphatic heterocycles. The van der Waals surface area contributed by atoms with Crippen molar-refractivity contribution in [2.45, 2.75) is 51.3 Å². The highest BCUT2D eigenvalue weighted by Crippen LogP contribution is 2.30. The van der Waals surface area contributed by atoms with Crippen LogP contribution in [0.4, 0.5) is 11.4 Å². The molecule has 1 aliphatic rings. The van der Waals surface area contributed by atoms with Gasteiger partial charge in [-0.15, -0.1) is 0 Å². The van der Waals surface area contributed by atoms with Crippen LogP contribution in [0.2, 0.25) is 0 Å². The van der Waals surface area contributed by atoms with E-state index in [1.54, 1.807) is 18.2 Å². The Morgan fingerprint density at radius 1 is 1.03 bits per heavy atom. The number of hydrogen-bond donors (Lipinski definition) is 2. The number of piperazine rings is 1. The molecule has 2 aromatic rings. The largest absolute Gasteiger partial charge is 0.367 e. The summed E-state index contributed by atoms with van der Waals surface area (Å²) in [6.45, 7) is 10.7. The summed E-state index contributed by atoms with van der Waals surface area (Å²) in [5.74, 6) is -0.0767. The van der Waals surface area contributed by atoms with Crippen molar-refractivity contribution in [1.29, 1.82) is 0 Å². The van der Waals surface area contributed by atoms with Crippen LogP contribution < -0.4 is 14.9 Å². The van der Waals surface area contributed by atoms with E-state index in [2.05, 4.69) is 28.8 Å². The third kappa shape index (κ3) is 6.51. The second kappa shape index (κ2) is 12.2. The number of benzene rings is 2. The van der Waals surface area contributed by atoms with E-state index in [1.165, 1.54) is 0 Å². The van der Waals surface area contributed by atoms with Crippen molar-refractivity contribution in [2.75, 3.05) is 48.9 Å². The Morgan fingerprint density at radius 3 is 2.35 bits per heavy atom. The molecule has 2 aromatic carbocycles. The average Bonchev–Trinajstić information content (AvgIpc) is 2.85. The minimum absolute atomic E-state index is 0.0767. The lowest BCUT2D eigenvalue weighted by atomic mass is 10.1. The summed E-state index contributed by atoms with van der Waals surface area (Å²) < 4.78 is 29.3. The fourth-order valence-corrected chi connectivity index (χ4v) is 5.26. The van der Waals surface area contributed by atoms with Gasteiger partial charge in [-0.05, 0) is 55.7 Å². The standard InChI is InChI=1S/C26H38N4O3S/c1-4-7-17-29(6-3)26(31)22-11-14-25(30-18-15-27-16-19-30)24(20-22)28-34(32,33)23-12-9-21(8-5-2)10-13-23/h9-14,20,27-28H,4-8,15-19H2,1-3H3. The van der Waals surface area contributed by atoms with Crippen molar-refractivity contribution in [2.24, 2.45) is 0 Å². The van der Waals surface area contributed by atoms with Gasteiger partial charge in [-0.2, -0.15) is 0 Å². The van der Waals surface area contributed by atoms with Gasteiger partial charge < -0.3 is 15.1 Å². The van der Waals surface area contributed by atoms with Gasteiger partial charge in [0.2, 0.25) is 0 Å². The fraction of sp³-hybridized carbons (Fsp3) is 0.500. The van der Waals surface area contributed by atoms with Crippen molar-refractivity contribution in [1.82, 2.24) is 10.2 Å². The Balaban J connectivity index is 1.94. The summed E-state index contributed by atoms with van der Waals surface area (Å²) in [6.07, 6.45) is 3.86. The average molecular weight is 487 g/mol. The molecule has 34 heavy (non-hydrogen) atoms. The number of rotatable bonds is 11. The monoisotopic (exact) mass is 486 g/mol. The number of unbranched alkanes of at least 4 members (excludes halogenated alkanes) is 1. The van der Waals surface area contributed by atoms with Gasteiger partial charge in [0, 0.05) is 44.8 Å². The van der Waals surface area contributed by atoms with Gasteiger partial charge in [0.1, 0.15) is 0 Å². The van der Waals surface area contributed by atoms with Gasteiger partial charge in [-0.1, -0.05) is 38.8 Å². The molecule has 0 atom stereocenters. The van der Waals surface area contributed by atoms with E-state index in [-0.39, 0.29) is 10.8 Å². The normalized spacial score (nSPS) is 14.1. The quantitative estimate of drug-likeness (QED) is 0.500. The smallest absolute Gasteiger partial charge is 0.261 e. The van der Waals surface area contributed by atoms with Crippen molar-refractivity contribution in [3.63, 3.8) is 0 Å². The Morgan fingerprint density at radius 2 is 1.74 bits per heavy atom. The van der Waals surface area contributed by atoms with E-state index in [4.69, 9.17) is 0 Å². The van der Waals surface area contributed by atoms with E-state index < -0.39 is 10.0 Å². The zero-order chi connectivity index (χ0) is 24.6. The number of amides is 1. The van der Waals surface area contributed by atoms with Crippen LogP contribution in [0.15, 0.2) is 47.4 Å². The van der Waals surface area contributed by atoms with Crippen molar-refractivity contribution < 1.29 is 13.2 Å². The summed E-state index contributed by atoms with van der Waals surface area (Å²) in [5.41, 5.74) is 2.84. The van der Waals surface area contributed by atoms with Crippen LogP contribution in [0.3, 0.4) is 0 Å². The second-order valence-electron chi connectivity index (χ2n) is 8.71. The summed E-state index contributed by atoms with van der Waals surface area (Å²) in [4.78, 5) is 17.4. The summed E-state index contributed by atoms with van der Waals surface area (Å²) in [6, 6.07) is 12.4. The molecule has 186 valence electrons. The van der Waals surface area contributed by atoms with Crippen LogP contribution in [0.1, 0.15) is 56.0 Å². The molecule has 0 bridgehead atoms. The molecular weight excluding hydrogens is 448 g/mol. The molecule has 0 aromatic heterocycles. The van der Waals surface area contributed by atoms with E-state index >= 15 is 0 Å². The lowest BCUT2D eigenvalue weighted by Crippen LogP contribution is -2.43. The molecule has 1 amide bonds. The number of carbonyl (C=O) groups excluding carboxylic acids is 1. The molecule has 0 aliphatic carbocycles. The zero-order valence-corrected chi connectivity index (χ0v) is 21.5. The predicted octanol–water partition coefficient (Wildman–Crippen LogP) is 4.11. The lowest BCUT2D eigenvalue weighted by Gasteiger charge is -2.31. The van der Waals surface area contributed by atoms with Crippen LogP contribution >= 0.6 is 0 Å². The first-order chi connectivity index (χ1) is 16.4. The van der Waals surface area contributed by atoms with Crippen LogP contribution in [0, 0.1) is 0 Å². The van der Waals surface area contributed by atoms with Crippen LogP contribution in [0.5, 0.6) is 0 Å². The highest BCUT2D eigenvalue weighted by Gasteiger charge is 2.22. The number of carbonyl (C=O) groups is 1. The van der Waals surface area contributed by atoms with Crippen molar-refractivity contribution in [3.8, 4) is 0 Å². The number of nitrogens with zero attached hydrogens (tertiary/aromatic N) is 2. The maximum atomic E-state index is 13.3. The number of sulfonamides is 1. The maximum Gasteiger partial charge on any atom is 0.261 e. The molecule has 1 saturated heterocycles. The van der Waals surface area contributed by atoms with Gasteiger partial charge in [0.15, 0.2) is 0 Å². The molecule has 1 heterocycles. The molecular formula is C26H38N4O3S. The van der Waals surface area contributed by atoms with Crippen molar-refractivity contribution in [3.05, 3.63) is 53.6 Å². The SMILES string of the molecule is CCCCN(CC)C(=O)c1ccc(N2CCNCC2)c(NS(=O)(=O)c2ccc(CCC)cc2)c1. The summed E-state index contributed by atoms with van der Waals surface area (Å²) >= 11 is 0. The third-order valence-electron chi connectivity index (χ3n) is 6.17. The maximum absolute atomic E-state index is 13.3. The zero-order valence-electron chi connectivity index (χ0n) is 20.6. The minimum Gasteiger partial charge on any atom is -0.367 e. The molecule has 0 saturated carbocycles. The Kier molecular flexibility index (Phi) is 9.36. The Hall–Kier alpha value is -2.58. The van der Waals surface area contributed by atoms with Crippen LogP contribution in [0.25, 0.3) is 0 Å². The predicted molar refractivity (Wildman–Crippen MR) is 139 cm³/mol. The highest BCUT2D eigenvalue weighted by atomic mass is 32.2. The van der Waals surface area contributed by atoms with Crippen LogP contribution in [-0.4, -0.2) is 58.5 Å². The van der Waals surface area contributed by atoms with Crippen molar-refractivity contribution >= 4 is 27.3 Å². The first-order valence-corrected chi connectivity index (χ1v) is 13.9. The molecule has 0 radical (unpaired) electrons. The molecule has 0 spiro atoms. The number of anilines is 2. The van der Waals surface area contributed by atoms with E-state index in [0.717, 1.165) is 63.1 Å². The topological polar surface area (TPSA) is 81.8 Å². The van der Waals surface area contributed by atoms with E-state index in [1.807, 2.05) is 36.1 Å². The second-order valence-corrected chi connectivity index (χ2v) is 10.4. The van der Waals surface area contributed by atoms with Gasteiger partial charge in [0.25, 0.3) is 15.9 Å².